The van der Waals surface area contributed by atoms with E-state index >= 15 is 0 Å². The summed E-state index contributed by atoms with van der Waals surface area (Å²) in [4.78, 5) is 19.7. The monoisotopic (exact) mass is 177 g/mol. The van der Waals surface area contributed by atoms with Gasteiger partial charge in [0.25, 0.3) is 5.91 Å². The van der Waals surface area contributed by atoms with Gasteiger partial charge in [0.2, 0.25) is 0 Å². The summed E-state index contributed by atoms with van der Waals surface area (Å²) < 4.78 is 0. The third-order valence-corrected chi connectivity index (χ3v) is 2.09. The van der Waals surface area contributed by atoms with Gasteiger partial charge < -0.3 is 5.32 Å². The standard InChI is InChI=1S/C9H11N3O/c1-5(2)6-3-10-7-4-11-9(13)8(7)12-6/h3,5H,4H2,1-2H3,(H,11,13). The maximum atomic E-state index is 11.2. The minimum absolute atomic E-state index is 0.106. The van der Waals surface area contributed by atoms with Crippen molar-refractivity contribution >= 4 is 5.91 Å². The number of amides is 1. The predicted molar refractivity (Wildman–Crippen MR) is 47.3 cm³/mol. The van der Waals surface area contributed by atoms with Gasteiger partial charge in [0.15, 0.2) is 5.69 Å². The van der Waals surface area contributed by atoms with Crippen molar-refractivity contribution in [3.8, 4) is 0 Å². The van der Waals surface area contributed by atoms with Crippen LogP contribution < -0.4 is 5.32 Å². The zero-order valence-electron chi connectivity index (χ0n) is 7.66. The van der Waals surface area contributed by atoms with Gasteiger partial charge in [0.1, 0.15) is 0 Å². The first kappa shape index (κ1) is 8.16. The van der Waals surface area contributed by atoms with Gasteiger partial charge in [-0.3, -0.25) is 9.78 Å². The molecule has 2 heterocycles. The Labute approximate surface area is 76.4 Å². The van der Waals surface area contributed by atoms with E-state index in [2.05, 4.69) is 15.3 Å². The summed E-state index contributed by atoms with van der Waals surface area (Å²) in [6.45, 7) is 4.58. The first-order valence-corrected chi connectivity index (χ1v) is 4.32. The van der Waals surface area contributed by atoms with Crippen molar-refractivity contribution in [2.24, 2.45) is 0 Å². The quantitative estimate of drug-likeness (QED) is 0.691. The van der Waals surface area contributed by atoms with Gasteiger partial charge in [-0.15, -0.1) is 0 Å². The third-order valence-electron chi connectivity index (χ3n) is 2.09. The normalized spacial score (nSPS) is 14.5. The van der Waals surface area contributed by atoms with Crippen LogP contribution in [0.15, 0.2) is 6.20 Å². The topological polar surface area (TPSA) is 54.9 Å². The van der Waals surface area contributed by atoms with E-state index in [9.17, 15) is 4.79 Å². The Bertz CT molecular complexity index is 360. The summed E-state index contributed by atoms with van der Waals surface area (Å²) in [5.74, 6) is 0.205. The number of carbonyl (C=O) groups is 1. The van der Waals surface area contributed by atoms with Crippen molar-refractivity contribution in [2.45, 2.75) is 26.3 Å². The number of carbonyl (C=O) groups excluding carboxylic acids is 1. The molecule has 2 rings (SSSR count). The second-order valence-electron chi connectivity index (χ2n) is 3.43. The van der Waals surface area contributed by atoms with Crippen LogP contribution in [0.3, 0.4) is 0 Å². The highest BCUT2D eigenvalue weighted by Gasteiger charge is 2.22. The Kier molecular flexibility index (Phi) is 1.76. The first-order valence-electron chi connectivity index (χ1n) is 4.32. The summed E-state index contributed by atoms with van der Waals surface area (Å²) in [5.41, 5.74) is 2.12. The minimum Gasteiger partial charge on any atom is -0.345 e. The SMILES string of the molecule is CC(C)c1cnc2c(n1)C(=O)NC2. The number of nitrogens with zero attached hydrogens (tertiary/aromatic N) is 2. The Morgan fingerprint density at radius 3 is 3.00 bits per heavy atom. The van der Waals surface area contributed by atoms with Gasteiger partial charge in [0.05, 0.1) is 17.9 Å². The lowest BCUT2D eigenvalue weighted by Crippen LogP contribution is -2.13. The van der Waals surface area contributed by atoms with Crippen molar-refractivity contribution in [2.75, 3.05) is 0 Å². The fraction of sp³-hybridized carbons (Fsp3) is 0.444. The van der Waals surface area contributed by atoms with Gasteiger partial charge in [-0.2, -0.15) is 0 Å². The molecule has 1 aromatic rings. The molecule has 0 unspecified atom stereocenters. The van der Waals surface area contributed by atoms with Crippen molar-refractivity contribution < 1.29 is 4.79 Å². The van der Waals surface area contributed by atoms with E-state index in [4.69, 9.17) is 0 Å². The van der Waals surface area contributed by atoms with Gasteiger partial charge in [-0.1, -0.05) is 13.8 Å². The fourth-order valence-electron chi connectivity index (χ4n) is 1.26. The average molecular weight is 177 g/mol. The van der Waals surface area contributed by atoms with E-state index in [0.29, 0.717) is 18.2 Å². The molecule has 1 aromatic heterocycles. The Hall–Kier alpha value is -1.45. The first-order chi connectivity index (χ1) is 6.18. The smallest absolute Gasteiger partial charge is 0.272 e. The van der Waals surface area contributed by atoms with E-state index in [1.54, 1.807) is 6.20 Å². The largest absolute Gasteiger partial charge is 0.345 e. The molecule has 0 saturated heterocycles. The van der Waals surface area contributed by atoms with E-state index in [-0.39, 0.29) is 5.91 Å². The van der Waals surface area contributed by atoms with Crippen LogP contribution in [-0.2, 0) is 6.54 Å². The second kappa shape index (κ2) is 2.80. The maximum Gasteiger partial charge on any atom is 0.272 e. The number of nitrogens with one attached hydrogen (secondary N) is 1. The van der Waals surface area contributed by atoms with Crippen molar-refractivity contribution in [1.82, 2.24) is 15.3 Å². The molecule has 1 amide bonds. The predicted octanol–water partition coefficient (Wildman–Crippen LogP) is 0.843. The molecule has 0 aromatic carbocycles. The average Bonchev–Trinajstić information content (AvgIpc) is 2.47. The van der Waals surface area contributed by atoms with Crippen LogP contribution in [0.25, 0.3) is 0 Å². The van der Waals surface area contributed by atoms with Crippen molar-refractivity contribution in [1.29, 1.82) is 0 Å². The molecule has 0 spiro atoms. The van der Waals surface area contributed by atoms with Crippen LogP contribution in [0.4, 0.5) is 0 Å². The lowest BCUT2D eigenvalue weighted by Gasteiger charge is -2.03. The summed E-state index contributed by atoms with van der Waals surface area (Å²) in [6.07, 6.45) is 1.74. The van der Waals surface area contributed by atoms with Crippen LogP contribution in [0.1, 0.15) is 41.6 Å². The second-order valence-corrected chi connectivity index (χ2v) is 3.43. The minimum atomic E-state index is -0.106. The van der Waals surface area contributed by atoms with E-state index in [0.717, 1.165) is 11.4 Å². The summed E-state index contributed by atoms with van der Waals surface area (Å²) in [6, 6.07) is 0. The van der Waals surface area contributed by atoms with Crippen LogP contribution in [0.2, 0.25) is 0 Å². The van der Waals surface area contributed by atoms with Crippen LogP contribution in [0, 0.1) is 0 Å². The molecule has 0 bridgehead atoms. The van der Waals surface area contributed by atoms with Crippen molar-refractivity contribution in [3.05, 3.63) is 23.3 Å². The number of hydrogen-bond donors (Lipinski definition) is 1. The molecule has 13 heavy (non-hydrogen) atoms. The Morgan fingerprint density at radius 2 is 2.31 bits per heavy atom. The van der Waals surface area contributed by atoms with Crippen LogP contribution in [-0.4, -0.2) is 15.9 Å². The summed E-state index contributed by atoms with van der Waals surface area (Å²) in [5, 5.41) is 2.69. The lowest BCUT2D eigenvalue weighted by atomic mass is 10.1. The molecule has 1 N–H and O–H groups in total. The van der Waals surface area contributed by atoms with Gasteiger partial charge in [-0.25, -0.2) is 4.98 Å². The van der Waals surface area contributed by atoms with Gasteiger partial charge in [-0.05, 0) is 5.92 Å². The summed E-state index contributed by atoms with van der Waals surface area (Å²) >= 11 is 0. The highest BCUT2D eigenvalue weighted by molar-refractivity contribution is 5.95. The van der Waals surface area contributed by atoms with Gasteiger partial charge in [0, 0.05) is 6.20 Å². The lowest BCUT2D eigenvalue weighted by molar-refractivity contribution is 0.0961. The molecular weight excluding hydrogens is 166 g/mol. The Balaban J connectivity index is 2.48. The Morgan fingerprint density at radius 1 is 1.54 bits per heavy atom. The molecule has 0 fully saturated rings. The van der Waals surface area contributed by atoms with E-state index in [1.165, 1.54) is 0 Å². The molecule has 1 aliphatic heterocycles. The molecular formula is C9H11N3O. The molecule has 4 heteroatoms. The van der Waals surface area contributed by atoms with Crippen molar-refractivity contribution in [3.63, 3.8) is 0 Å². The molecule has 0 saturated carbocycles. The number of rotatable bonds is 1. The maximum absolute atomic E-state index is 11.2. The number of fused-ring (bicyclic) bond motifs is 1. The van der Waals surface area contributed by atoms with Crippen LogP contribution in [0.5, 0.6) is 0 Å². The van der Waals surface area contributed by atoms with E-state index < -0.39 is 0 Å². The highest BCUT2D eigenvalue weighted by atomic mass is 16.2. The van der Waals surface area contributed by atoms with E-state index in [1.807, 2.05) is 13.8 Å². The number of aromatic nitrogens is 2. The molecule has 0 atom stereocenters. The highest BCUT2D eigenvalue weighted by Crippen LogP contribution is 2.15. The fourth-order valence-corrected chi connectivity index (χ4v) is 1.26. The van der Waals surface area contributed by atoms with Crippen LogP contribution >= 0.6 is 0 Å². The number of hydrogen-bond acceptors (Lipinski definition) is 3. The molecule has 0 radical (unpaired) electrons. The molecule has 0 aliphatic carbocycles. The summed E-state index contributed by atoms with van der Waals surface area (Å²) in [7, 11) is 0. The zero-order valence-corrected chi connectivity index (χ0v) is 7.66. The molecule has 1 aliphatic rings. The molecule has 68 valence electrons. The van der Waals surface area contributed by atoms with Gasteiger partial charge >= 0.3 is 0 Å². The molecule has 4 nitrogen and oxygen atoms in total. The third kappa shape index (κ3) is 1.28. The zero-order chi connectivity index (χ0) is 9.42.